The number of nitrogens with one attached hydrogen (secondary N) is 1. The molecule has 2 rings (SSSR count). The van der Waals surface area contributed by atoms with Crippen molar-refractivity contribution in [3.8, 4) is 0 Å². The first-order valence-electron chi connectivity index (χ1n) is 7.10. The number of aromatic carboxylic acids is 1. The predicted molar refractivity (Wildman–Crippen MR) is 82.8 cm³/mol. The Bertz CT molecular complexity index is 626. The predicted octanol–water partition coefficient (Wildman–Crippen LogP) is 2.08. The first kappa shape index (κ1) is 15.2. The molecule has 6 nitrogen and oxygen atoms in total. The minimum atomic E-state index is -0.952. The fourth-order valence-corrected chi connectivity index (χ4v) is 2.20. The summed E-state index contributed by atoms with van der Waals surface area (Å²) in [7, 11) is 0. The number of aromatic nitrogens is 2. The number of carboxylic acid groups (broad SMARTS) is 1. The quantitative estimate of drug-likeness (QED) is 0.812. The second-order valence-corrected chi connectivity index (χ2v) is 4.71. The lowest BCUT2D eigenvalue weighted by molar-refractivity contribution is 0.0697. The van der Waals surface area contributed by atoms with E-state index in [-0.39, 0.29) is 5.56 Å². The van der Waals surface area contributed by atoms with E-state index in [0.717, 1.165) is 37.4 Å². The highest BCUT2D eigenvalue weighted by molar-refractivity contribution is 5.96. The molecule has 6 heteroatoms. The van der Waals surface area contributed by atoms with E-state index in [1.165, 1.54) is 6.33 Å². The molecular weight excluding hydrogens is 268 g/mol. The summed E-state index contributed by atoms with van der Waals surface area (Å²) in [6.45, 7) is 8.03. The minimum absolute atomic E-state index is 0.232. The van der Waals surface area contributed by atoms with Crippen molar-refractivity contribution in [3.05, 3.63) is 30.1 Å². The first-order valence-corrected chi connectivity index (χ1v) is 7.10. The minimum Gasteiger partial charge on any atom is -0.478 e. The Morgan fingerprint density at radius 3 is 2.71 bits per heavy atom. The molecule has 0 unspecified atom stereocenters. The Balaban J connectivity index is 2.15. The van der Waals surface area contributed by atoms with Gasteiger partial charge < -0.3 is 15.3 Å². The largest absolute Gasteiger partial charge is 0.478 e. The molecule has 0 fully saturated rings. The van der Waals surface area contributed by atoms with Crippen LogP contribution in [0.2, 0.25) is 0 Å². The molecule has 0 aliphatic carbocycles. The van der Waals surface area contributed by atoms with Crippen molar-refractivity contribution in [2.24, 2.45) is 0 Å². The summed E-state index contributed by atoms with van der Waals surface area (Å²) in [4.78, 5) is 21.7. The number of anilines is 1. The normalized spacial score (nSPS) is 11.0. The Hall–Kier alpha value is -2.21. The molecule has 21 heavy (non-hydrogen) atoms. The second-order valence-electron chi connectivity index (χ2n) is 4.71. The lowest BCUT2D eigenvalue weighted by Gasteiger charge is -2.18. The number of carbonyl (C=O) groups is 1. The van der Waals surface area contributed by atoms with E-state index in [4.69, 9.17) is 5.11 Å². The Morgan fingerprint density at radius 1 is 1.29 bits per heavy atom. The molecule has 0 saturated carbocycles. The number of carboxylic acids is 1. The van der Waals surface area contributed by atoms with Gasteiger partial charge in [0.1, 0.15) is 12.1 Å². The summed E-state index contributed by atoms with van der Waals surface area (Å²) in [5.41, 5.74) is 0.866. The van der Waals surface area contributed by atoms with E-state index in [0.29, 0.717) is 5.52 Å². The third kappa shape index (κ3) is 3.66. The van der Waals surface area contributed by atoms with E-state index in [1.54, 1.807) is 18.2 Å². The van der Waals surface area contributed by atoms with E-state index < -0.39 is 5.97 Å². The maximum atomic E-state index is 11.0. The van der Waals surface area contributed by atoms with Crippen LogP contribution in [0.25, 0.3) is 10.9 Å². The third-order valence-corrected chi connectivity index (χ3v) is 3.50. The van der Waals surface area contributed by atoms with Crippen LogP contribution in [0, 0.1) is 0 Å². The molecule has 2 aromatic rings. The number of hydrogen-bond donors (Lipinski definition) is 2. The number of rotatable bonds is 7. The zero-order chi connectivity index (χ0) is 15.2. The van der Waals surface area contributed by atoms with Crippen LogP contribution in [-0.4, -0.2) is 52.1 Å². The van der Waals surface area contributed by atoms with Gasteiger partial charge in [-0.05, 0) is 31.3 Å². The maximum absolute atomic E-state index is 11.0. The van der Waals surface area contributed by atoms with Crippen molar-refractivity contribution < 1.29 is 9.90 Å². The average Bonchev–Trinajstić information content (AvgIpc) is 2.51. The highest BCUT2D eigenvalue weighted by atomic mass is 16.4. The molecule has 0 atom stereocenters. The molecule has 2 N–H and O–H groups in total. The summed E-state index contributed by atoms with van der Waals surface area (Å²) in [6.07, 6.45) is 1.45. The van der Waals surface area contributed by atoms with Gasteiger partial charge in [0.2, 0.25) is 0 Å². The van der Waals surface area contributed by atoms with E-state index >= 15 is 0 Å². The van der Waals surface area contributed by atoms with Crippen molar-refractivity contribution in [2.45, 2.75) is 13.8 Å². The Labute approximate surface area is 123 Å². The van der Waals surface area contributed by atoms with Crippen LogP contribution in [0.3, 0.4) is 0 Å². The molecule has 0 aliphatic rings. The third-order valence-electron chi connectivity index (χ3n) is 3.50. The lowest BCUT2D eigenvalue weighted by Crippen LogP contribution is -2.28. The second kappa shape index (κ2) is 6.99. The van der Waals surface area contributed by atoms with Crippen LogP contribution < -0.4 is 5.32 Å². The number of nitrogens with zero attached hydrogens (tertiary/aromatic N) is 3. The summed E-state index contributed by atoms with van der Waals surface area (Å²) in [5, 5.41) is 13.1. The SMILES string of the molecule is CCN(CC)CCNc1ncnc2cc(C(=O)O)ccc12. The van der Waals surface area contributed by atoms with Gasteiger partial charge in [0, 0.05) is 18.5 Å². The van der Waals surface area contributed by atoms with Crippen LogP contribution in [0.15, 0.2) is 24.5 Å². The van der Waals surface area contributed by atoms with Crippen molar-refractivity contribution in [3.63, 3.8) is 0 Å². The van der Waals surface area contributed by atoms with Crippen LogP contribution in [0.5, 0.6) is 0 Å². The smallest absolute Gasteiger partial charge is 0.335 e. The lowest BCUT2D eigenvalue weighted by atomic mass is 10.1. The molecule has 0 bridgehead atoms. The van der Waals surface area contributed by atoms with Gasteiger partial charge >= 0.3 is 5.97 Å². The van der Waals surface area contributed by atoms with Gasteiger partial charge in [-0.3, -0.25) is 0 Å². The molecule has 0 aliphatic heterocycles. The summed E-state index contributed by atoms with van der Waals surface area (Å²) in [6, 6.07) is 4.89. The van der Waals surface area contributed by atoms with E-state index in [9.17, 15) is 4.79 Å². The van der Waals surface area contributed by atoms with Crippen molar-refractivity contribution in [2.75, 3.05) is 31.5 Å². The molecule has 1 aromatic carbocycles. The van der Waals surface area contributed by atoms with Crippen LogP contribution >= 0.6 is 0 Å². The molecule has 1 heterocycles. The van der Waals surface area contributed by atoms with Gasteiger partial charge in [0.05, 0.1) is 11.1 Å². The van der Waals surface area contributed by atoms with Gasteiger partial charge in [0.25, 0.3) is 0 Å². The number of hydrogen-bond acceptors (Lipinski definition) is 5. The van der Waals surface area contributed by atoms with Gasteiger partial charge in [-0.2, -0.15) is 0 Å². The zero-order valence-electron chi connectivity index (χ0n) is 12.3. The molecule has 1 aromatic heterocycles. The average molecular weight is 288 g/mol. The molecule has 112 valence electrons. The molecular formula is C15H20N4O2. The van der Waals surface area contributed by atoms with Crippen molar-refractivity contribution in [1.82, 2.24) is 14.9 Å². The number of likely N-dealkylation sites (N-methyl/N-ethyl adjacent to an activating group) is 1. The monoisotopic (exact) mass is 288 g/mol. The number of benzene rings is 1. The van der Waals surface area contributed by atoms with Crippen molar-refractivity contribution in [1.29, 1.82) is 0 Å². The van der Waals surface area contributed by atoms with E-state index in [2.05, 4.69) is 34.0 Å². The highest BCUT2D eigenvalue weighted by Crippen LogP contribution is 2.20. The van der Waals surface area contributed by atoms with Gasteiger partial charge in [0.15, 0.2) is 0 Å². The fraction of sp³-hybridized carbons (Fsp3) is 0.400. The van der Waals surface area contributed by atoms with Crippen LogP contribution in [0.4, 0.5) is 5.82 Å². The van der Waals surface area contributed by atoms with Crippen LogP contribution in [0.1, 0.15) is 24.2 Å². The van der Waals surface area contributed by atoms with Crippen LogP contribution in [-0.2, 0) is 0 Å². The topological polar surface area (TPSA) is 78.3 Å². The summed E-state index contributed by atoms with van der Waals surface area (Å²) >= 11 is 0. The van der Waals surface area contributed by atoms with E-state index in [1.807, 2.05) is 0 Å². The first-order chi connectivity index (χ1) is 10.2. The number of fused-ring (bicyclic) bond motifs is 1. The molecule has 0 amide bonds. The van der Waals surface area contributed by atoms with Gasteiger partial charge in [-0.1, -0.05) is 13.8 Å². The van der Waals surface area contributed by atoms with Gasteiger partial charge in [-0.25, -0.2) is 14.8 Å². The molecule has 0 radical (unpaired) electrons. The van der Waals surface area contributed by atoms with Crippen molar-refractivity contribution >= 4 is 22.7 Å². The Kier molecular flexibility index (Phi) is 5.05. The zero-order valence-corrected chi connectivity index (χ0v) is 12.3. The molecule has 0 saturated heterocycles. The van der Waals surface area contributed by atoms with Gasteiger partial charge in [-0.15, -0.1) is 0 Å². The maximum Gasteiger partial charge on any atom is 0.335 e. The highest BCUT2D eigenvalue weighted by Gasteiger charge is 2.08. The fourth-order valence-electron chi connectivity index (χ4n) is 2.20. The molecule has 0 spiro atoms. The summed E-state index contributed by atoms with van der Waals surface area (Å²) < 4.78 is 0. The summed E-state index contributed by atoms with van der Waals surface area (Å²) in [5.74, 6) is -0.212. The standard InChI is InChI=1S/C15H20N4O2/c1-3-19(4-2)8-7-16-14-12-6-5-11(15(20)21)9-13(12)17-10-18-14/h5-6,9-10H,3-4,7-8H2,1-2H3,(H,20,21)(H,16,17,18). The Morgan fingerprint density at radius 2 is 2.05 bits per heavy atom.